The zero-order chi connectivity index (χ0) is 22.9. The van der Waals surface area contributed by atoms with Crippen LogP contribution >= 0.6 is 11.3 Å². The van der Waals surface area contributed by atoms with Crippen molar-refractivity contribution < 1.29 is 13.2 Å². The first kappa shape index (κ1) is 22.3. The molecule has 2 aliphatic heterocycles. The van der Waals surface area contributed by atoms with Gasteiger partial charge in [-0.25, -0.2) is 8.42 Å². The van der Waals surface area contributed by atoms with Gasteiger partial charge in [0.05, 0.1) is 11.7 Å². The van der Waals surface area contributed by atoms with Crippen LogP contribution in [0.4, 0.5) is 0 Å². The Hall–Kier alpha value is -2.52. The predicted molar refractivity (Wildman–Crippen MR) is 129 cm³/mol. The third-order valence-corrected chi connectivity index (χ3v) is 9.90. The standard InChI is InChI=1S/C25H27N3O3S2/c29-24-22(18-20-8-3-1-4-9-20)26-25(28(24)19-21-10-5-2-6-11-21)13-15-27(16-14-25)33(30,31)23-12-7-17-32-23/h1-12,17,22,26H,13-16,18-19H2. The van der Waals surface area contributed by atoms with Gasteiger partial charge in [-0.05, 0) is 41.8 Å². The Morgan fingerprint density at radius 1 is 0.909 bits per heavy atom. The van der Waals surface area contributed by atoms with Gasteiger partial charge in [0.25, 0.3) is 10.0 Å². The largest absolute Gasteiger partial charge is 0.319 e. The van der Waals surface area contributed by atoms with E-state index < -0.39 is 15.7 Å². The van der Waals surface area contributed by atoms with Gasteiger partial charge < -0.3 is 4.90 Å². The van der Waals surface area contributed by atoms with Gasteiger partial charge in [-0.1, -0.05) is 66.7 Å². The summed E-state index contributed by atoms with van der Waals surface area (Å²) >= 11 is 1.24. The van der Waals surface area contributed by atoms with Crippen LogP contribution < -0.4 is 5.32 Å². The maximum absolute atomic E-state index is 13.6. The lowest BCUT2D eigenvalue weighted by atomic mass is 9.96. The molecule has 172 valence electrons. The summed E-state index contributed by atoms with van der Waals surface area (Å²) < 4.78 is 28.0. The second kappa shape index (κ2) is 9.02. The zero-order valence-electron chi connectivity index (χ0n) is 18.3. The number of amides is 1. The average Bonchev–Trinajstić information content (AvgIpc) is 3.46. The van der Waals surface area contributed by atoms with Crippen LogP contribution in [0, 0.1) is 0 Å². The van der Waals surface area contributed by atoms with E-state index in [1.165, 1.54) is 11.3 Å². The lowest BCUT2D eigenvalue weighted by molar-refractivity contribution is -0.134. The Bertz CT molecular complexity index is 1190. The highest BCUT2D eigenvalue weighted by molar-refractivity contribution is 7.91. The number of carbonyl (C=O) groups is 1. The van der Waals surface area contributed by atoms with Crippen molar-refractivity contribution in [3.8, 4) is 0 Å². The van der Waals surface area contributed by atoms with E-state index in [0.717, 1.165) is 11.1 Å². The number of carbonyl (C=O) groups excluding carboxylic acids is 1. The fourth-order valence-corrected chi connectivity index (χ4v) is 7.48. The van der Waals surface area contributed by atoms with Crippen LogP contribution in [0.3, 0.4) is 0 Å². The lowest BCUT2D eigenvalue weighted by Crippen LogP contribution is -2.59. The highest BCUT2D eigenvalue weighted by atomic mass is 32.2. The van der Waals surface area contributed by atoms with Gasteiger partial charge in [0.15, 0.2) is 0 Å². The number of sulfonamides is 1. The van der Waals surface area contributed by atoms with E-state index in [4.69, 9.17) is 0 Å². The highest BCUT2D eigenvalue weighted by Crippen LogP contribution is 2.36. The monoisotopic (exact) mass is 481 g/mol. The van der Waals surface area contributed by atoms with E-state index >= 15 is 0 Å². The molecular weight excluding hydrogens is 454 g/mol. The van der Waals surface area contributed by atoms with Gasteiger partial charge in [-0.2, -0.15) is 4.31 Å². The van der Waals surface area contributed by atoms with Crippen LogP contribution in [0.2, 0.25) is 0 Å². The molecule has 3 aromatic rings. The third kappa shape index (κ3) is 4.36. The molecule has 1 atom stereocenters. The smallest absolute Gasteiger partial charge is 0.252 e. The fourth-order valence-electron chi connectivity index (χ4n) is 4.89. The zero-order valence-corrected chi connectivity index (χ0v) is 19.9. The summed E-state index contributed by atoms with van der Waals surface area (Å²) in [6.45, 7) is 1.27. The van der Waals surface area contributed by atoms with Gasteiger partial charge in [0.2, 0.25) is 5.91 Å². The topological polar surface area (TPSA) is 69.7 Å². The fraction of sp³-hybridized carbons (Fsp3) is 0.320. The Labute approximate surface area is 198 Å². The first-order valence-corrected chi connectivity index (χ1v) is 13.5. The van der Waals surface area contributed by atoms with Crippen molar-refractivity contribution in [3.05, 3.63) is 89.3 Å². The first-order chi connectivity index (χ1) is 16.0. The van der Waals surface area contributed by atoms with Crippen molar-refractivity contribution in [1.82, 2.24) is 14.5 Å². The predicted octanol–water partition coefficient (Wildman–Crippen LogP) is 3.47. The number of hydrogen-bond acceptors (Lipinski definition) is 5. The second-order valence-corrected chi connectivity index (χ2v) is 11.8. The van der Waals surface area contributed by atoms with Gasteiger partial charge in [0.1, 0.15) is 4.21 Å². The Morgan fingerprint density at radius 3 is 2.15 bits per heavy atom. The molecule has 3 heterocycles. The number of piperidine rings is 1. The Balaban J connectivity index is 1.39. The molecule has 1 amide bonds. The van der Waals surface area contributed by atoms with E-state index in [1.54, 1.807) is 21.8 Å². The molecule has 2 fully saturated rings. The summed E-state index contributed by atoms with van der Waals surface area (Å²) in [5.74, 6) is 0.0808. The van der Waals surface area contributed by atoms with E-state index in [2.05, 4.69) is 5.32 Å². The summed E-state index contributed by atoms with van der Waals surface area (Å²) in [5.41, 5.74) is 1.63. The number of benzene rings is 2. The molecule has 1 spiro atoms. The molecule has 0 bridgehead atoms. The minimum atomic E-state index is -3.50. The quantitative estimate of drug-likeness (QED) is 0.585. The van der Waals surface area contributed by atoms with E-state index in [9.17, 15) is 13.2 Å². The van der Waals surface area contributed by atoms with Crippen LogP contribution in [0.5, 0.6) is 0 Å². The van der Waals surface area contributed by atoms with Gasteiger partial charge in [0, 0.05) is 19.6 Å². The van der Waals surface area contributed by atoms with Crippen LogP contribution in [0.25, 0.3) is 0 Å². The summed E-state index contributed by atoms with van der Waals surface area (Å²) in [6.07, 6.45) is 1.73. The van der Waals surface area contributed by atoms with E-state index in [1.807, 2.05) is 65.6 Å². The molecule has 6 nitrogen and oxygen atoms in total. The molecule has 0 saturated carbocycles. The van der Waals surface area contributed by atoms with Gasteiger partial charge in [-0.3, -0.25) is 10.1 Å². The summed E-state index contributed by atoms with van der Waals surface area (Å²) in [5, 5.41) is 5.42. The summed E-state index contributed by atoms with van der Waals surface area (Å²) in [7, 11) is -3.50. The SMILES string of the molecule is O=C1C(Cc2ccccc2)NC2(CCN(S(=O)(=O)c3cccs3)CC2)N1Cc1ccccc1. The second-order valence-electron chi connectivity index (χ2n) is 8.66. The summed E-state index contributed by atoms with van der Waals surface area (Å²) in [6, 6.07) is 23.1. The number of hydrogen-bond donors (Lipinski definition) is 1. The Morgan fingerprint density at radius 2 is 1.55 bits per heavy atom. The molecule has 2 aliphatic rings. The normalized spacial score (nSPS) is 21.0. The maximum Gasteiger partial charge on any atom is 0.252 e. The molecule has 0 aliphatic carbocycles. The van der Waals surface area contributed by atoms with Crippen molar-refractivity contribution in [2.75, 3.05) is 13.1 Å². The summed E-state index contributed by atoms with van der Waals surface area (Å²) in [4.78, 5) is 15.5. The molecule has 2 aromatic carbocycles. The molecule has 1 aromatic heterocycles. The third-order valence-electron chi connectivity index (χ3n) is 6.63. The number of nitrogens with zero attached hydrogens (tertiary/aromatic N) is 2. The highest BCUT2D eigenvalue weighted by Gasteiger charge is 2.52. The van der Waals surface area contributed by atoms with Crippen LogP contribution in [0.1, 0.15) is 24.0 Å². The van der Waals surface area contributed by atoms with Crippen molar-refractivity contribution in [2.45, 2.75) is 41.7 Å². The van der Waals surface area contributed by atoms with Crippen molar-refractivity contribution in [3.63, 3.8) is 0 Å². The molecule has 0 radical (unpaired) electrons. The molecule has 8 heteroatoms. The van der Waals surface area contributed by atoms with Crippen molar-refractivity contribution >= 4 is 27.3 Å². The molecule has 33 heavy (non-hydrogen) atoms. The first-order valence-electron chi connectivity index (χ1n) is 11.2. The molecule has 1 unspecified atom stereocenters. The van der Waals surface area contributed by atoms with E-state index in [0.29, 0.717) is 43.1 Å². The van der Waals surface area contributed by atoms with Crippen molar-refractivity contribution in [1.29, 1.82) is 0 Å². The number of rotatable bonds is 6. The Kier molecular flexibility index (Phi) is 6.09. The molecular formula is C25H27N3O3S2. The number of thiophene rings is 1. The number of nitrogens with one attached hydrogen (secondary N) is 1. The van der Waals surface area contributed by atoms with Gasteiger partial charge >= 0.3 is 0 Å². The van der Waals surface area contributed by atoms with E-state index in [-0.39, 0.29) is 11.9 Å². The van der Waals surface area contributed by atoms with Crippen LogP contribution in [-0.2, 0) is 27.8 Å². The minimum absolute atomic E-state index is 0.0808. The minimum Gasteiger partial charge on any atom is -0.319 e. The lowest BCUT2D eigenvalue weighted by Gasteiger charge is -2.44. The van der Waals surface area contributed by atoms with Crippen LogP contribution in [-0.4, -0.2) is 48.3 Å². The molecule has 2 saturated heterocycles. The van der Waals surface area contributed by atoms with Crippen molar-refractivity contribution in [2.24, 2.45) is 0 Å². The average molecular weight is 482 g/mol. The molecule has 5 rings (SSSR count). The van der Waals surface area contributed by atoms with Gasteiger partial charge in [-0.15, -0.1) is 11.3 Å². The molecule has 1 N–H and O–H groups in total. The maximum atomic E-state index is 13.6. The van der Waals surface area contributed by atoms with Crippen LogP contribution in [0.15, 0.2) is 82.4 Å².